The lowest BCUT2D eigenvalue weighted by Crippen LogP contribution is -2.11. The Hall–Kier alpha value is 0.307. The lowest BCUT2D eigenvalue weighted by Gasteiger charge is -2.10. The summed E-state index contributed by atoms with van der Waals surface area (Å²) in [5, 5.41) is 2.33. The van der Waals surface area contributed by atoms with Crippen molar-refractivity contribution >= 4 is 18.4 Å². The van der Waals surface area contributed by atoms with Crippen molar-refractivity contribution in [2.24, 2.45) is 0 Å². The predicted octanol–water partition coefficient (Wildman–Crippen LogP) is 5.82. The summed E-state index contributed by atoms with van der Waals surface area (Å²) in [4.78, 5) is 0. The van der Waals surface area contributed by atoms with Crippen LogP contribution in [-0.2, 0) is 0 Å². The molecule has 0 aliphatic rings. The van der Waals surface area contributed by atoms with Gasteiger partial charge in [0.05, 0.1) is 0 Å². The zero-order valence-corrected chi connectivity index (χ0v) is 12.8. The molecular weight excluding hydrogens is 216 g/mol. The maximum atomic E-state index is 2.40. The Bertz CT molecular complexity index is 158. The average molecular weight is 245 g/mol. The van der Waals surface area contributed by atoms with E-state index in [1.165, 1.54) is 44.9 Å². The Kier molecular flexibility index (Phi) is 9.72. The second-order valence-corrected chi connectivity index (χ2v) is 14.3. The molecule has 0 heterocycles. The summed E-state index contributed by atoms with van der Waals surface area (Å²) in [6.45, 7) is 9.46. The lowest BCUT2D eigenvalue weighted by molar-refractivity contribution is 0.611. The van der Waals surface area contributed by atoms with Gasteiger partial charge < -0.3 is 0 Å². The van der Waals surface area contributed by atoms with E-state index in [0.29, 0.717) is 0 Å². The molecule has 90 valence electrons. The van der Waals surface area contributed by atoms with E-state index >= 15 is 0 Å². The van der Waals surface area contributed by atoms with Crippen LogP contribution in [0.3, 0.4) is 0 Å². The van der Waals surface area contributed by atoms with Gasteiger partial charge in [-0.2, -0.15) is 11.2 Å². The van der Waals surface area contributed by atoms with Crippen molar-refractivity contribution in [2.75, 3.05) is 0 Å². The van der Waals surface area contributed by atoms with E-state index in [1.54, 1.807) is 0 Å². The summed E-state index contributed by atoms with van der Waals surface area (Å²) in [6.07, 6.45) is 12.1. The van der Waals surface area contributed by atoms with E-state index in [0.717, 1.165) is 0 Å². The van der Waals surface area contributed by atoms with Crippen LogP contribution >= 0.6 is 11.2 Å². The maximum absolute atomic E-state index is 2.40. The first-order valence-electron chi connectivity index (χ1n) is 6.39. The molecule has 2 heteroatoms. The molecule has 0 unspecified atom stereocenters. The van der Waals surface area contributed by atoms with Crippen LogP contribution in [0.5, 0.6) is 0 Å². The molecule has 0 aliphatic carbocycles. The summed E-state index contributed by atoms with van der Waals surface area (Å²) in [5.74, 6) is 0. The first kappa shape index (κ1) is 15.3. The average Bonchev–Trinajstić information content (AvgIpc) is 2.14. The third kappa shape index (κ3) is 14.3. The van der Waals surface area contributed by atoms with Crippen LogP contribution in [0.15, 0.2) is 11.5 Å². The molecule has 0 spiro atoms. The van der Waals surface area contributed by atoms with Crippen molar-refractivity contribution < 1.29 is 0 Å². The first-order chi connectivity index (χ1) is 7.06. The molecule has 0 saturated carbocycles. The molecule has 0 radical (unpaired) electrons. The van der Waals surface area contributed by atoms with E-state index in [-0.39, 0.29) is 0 Å². The van der Waals surface area contributed by atoms with Crippen molar-refractivity contribution in [2.45, 2.75) is 71.5 Å². The quantitative estimate of drug-likeness (QED) is 0.364. The van der Waals surface area contributed by atoms with Gasteiger partial charge in [0.15, 0.2) is 0 Å². The molecule has 0 fully saturated rings. The van der Waals surface area contributed by atoms with Gasteiger partial charge in [-0.25, -0.2) is 0 Å². The maximum Gasteiger partial charge on any atom is 0.113 e. The second kappa shape index (κ2) is 9.53. The van der Waals surface area contributed by atoms with Gasteiger partial charge in [0.2, 0.25) is 0 Å². The van der Waals surface area contributed by atoms with Crippen LogP contribution in [0.25, 0.3) is 0 Å². The molecule has 0 N–H and O–H groups in total. The number of allylic oxidation sites excluding steroid dienone is 1. The molecule has 0 saturated heterocycles. The van der Waals surface area contributed by atoms with Crippen LogP contribution < -0.4 is 0 Å². The predicted molar refractivity (Wildman–Crippen MR) is 78.1 cm³/mol. The number of hydrogen-bond acceptors (Lipinski definition) is 1. The molecule has 0 bridgehead atoms. The van der Waals surface area contributed by atoms with E-state index in [9.17, 15) is 0 Å². The molecule has 0 rings (SSSR count). The molecule has 0 amide bonds. The number of hydrogen-bond donors (Lipinski definition) is 0. The minimum Gasteiger partial charge on any atom is -0.160 e. The van der Waals surface area contributed by atoms with Gasteiger partial charge >= 0.3 is 0 Å². The van der Waals surface area contributed by atoms with Crippen LogP contribution in [0.4, 0.5) is 0 Å². The van der Waals surface area contributed by atoms with Crippen LogP contribution in [0, 0.1) is 0 Å². The minimum atomic E-state index is -0.913. The molecule has 0 nitrogen and oxygen atoms in total. The highest BCUT2D eigenvalue weighted by Crippen LogP contribution is 2.20. The summed E-state index contributed by atoms with van der Waals surface area (Å²) < 4.78 is 0. The highest BCUT2D eigenvalue weighted by molar-refractivity contribution is 8.30. The third-order valence-electron chi connectivity index (χ3n) is 2.24. The van der Waals surface area contributed by atoms with Crippen LogP contribution in [0.2, 0.25) is 19.6 Å². The highest BCUT2D eigenvalue weighted by atomic mass is 32.4. The zero-order valence-electron chi connectivity index (χ0n) is 11.0. The van der Waals surface area contributed by atoms with Crippen molar-refractivity contribution in [3.05, 3.63) is 11.5 Å². The topological polar surface area (TPSA) is 0 Å². The fourth-order valence-corrected chi connectivity index (χ4v) is 3.52. The Morgan fingerprint density at radius 1 is 0.933 bits per heavy atom. The van der Waals surface area contributed by atoms with Crippen LogP contribution in [-0.4, -0.2) is 7.22 Å². The van der Waals surface area contributed by atoms with E-state index in [4.69, 9.17) is 0 Å². The summed E-state index contributed by atoms with van der Waals surface area (Å²) in [5.41, 5.74) is 0. The van der Waals surface area contributed by atoms with Gasteiger partial charge in [-0.15, -0.1) is 0 Å². The third-order valence-corrected chi connectivity index (χ3v) is 5.81. The van der Waals surface area contributed by atoms with Crippen molar-refractivity contribution in [3.63, 3.8) is 0 Å². The lowest BCUT2D eigenvalue weighted by atomic mass is 10.1. The van der Waals surface area contributed by atoms with Gasteiger partial charge in [-0.05, 0) is 18.2 Å². The second-order valence-electron chi connectivity index (χ2n) is 5.16. The molecule has 0 aromatic rings. The SMILES string of the molecule is CCCCCCCC/C=C/S[Si](C)(C)C. The van der Waals surface area contributed by atoms with E-state index in [1.807, 2.05) is 0 Å². The monoisotopic (exact) mass is 244 g/mol. The Morgan fingerprint density at radius 2 is 1.53 bits per heavy atom. The van der Waals surface area contributed by atoms with E-state index in [2.05, 4.69) is 49.3 Å². The van der Waals surface area contributed by atoms with Gasteiger partial charge in [-0.3, -0.25) is 0 Å². The van der Waals surface area contributed by atoms with Crippen LogP contribution in [0.1, 0.15) is 51.9 Å². The largest absolute Gasteiger partial charge is 0.160 e. The molecule has 0 aromatic carbocycles. The molecule has 0 aromatic heterocycles. The fourth-order valence-electron chi connectivity index (χ4n) is 1.36. The highest BCUT2D eigenvalue weighted by Gasteiger charge is 2.10. The Labute approximate surface area is 102 Å². The summed E-state index contributed by atoms with van der Waals surface area (Å²) in [6, 6.07) is 0. The fraction of sp³-hybridized carbons (Fsp3) is 0.846. The van der Waals surface area contributed by atoms with Gasteiger partial charge in [0.25, 0.3) is 0 Å². The zero-order chi connectivity index (χ0) is 11.6. The summed E-state index contributed by atoms with van der Waals surface area (Å²) >= 11 is 2.06. The summed E-state index contributed by atoms with van der Waals surface area (Å²) in [7, 11) is -0.913. The van der Waals surface area contributed by atoms with Gasteiger partial charge in [-0.1, -0.05) is 64.7 Å². The first-order valence-corrected chi connectivity index (χ1v) is 11.5. The smallest absolute Gasteiger partial charge is 0.113 e. The van der Waals surface area contributed by atoms with Crippen molar-refractivity contribution in [3.8, 4) is 0 Å². The molecule has 0 atom stereocenters. The van der Waals surface area contributed by atoms with Gasteiger partial charge in [0, 0.05) is 0 Å². The number of rotatable bonds is 9. The van der Waals surface area contributed by atoms with E-state index < -0.39 is 7.22 Å². The normalized spacial score (nSPS) is 12.5. The van der Waals surface area contributed by atoms with Crippen molar-refractivity contribution in [1.82, 2.24) is 0 Å². The number of unbranched alkanes of at least 4 members (excludes halogenated alkanes) is 6. The Morgan fingerprint density at radius 3 is 2.13 bits per heavy atom. The Balaban J connectivity index is 3.17. The van der Waals surface area contributed by atoms with Crippen molar-refractivity contribution in [1.29, 1.82) is 0 Å². The van der Waals surface area contributed by atoms with Gasteiger partial charge in [0.1, 0.15) is 7.22 Å². The molecule has 0 aliphatic heterocycles. The molecular formula is C13H28SSi. The minimum absolute atomic E-state index is 0.913. The molecule has 15 heavy (non-hydrogen) atoms. The standard InChI is InChI=1S/C13H28SSi/c1-5-6-7-8-9-10-11-12-13-14-15(2,3)4/h12-13H,5-11H2,1-4H3/b13-12+.